The summed E-state index contributed by atoms with van der Waals surface area (Å²) >= 11 is 0. The molecule has 0 bridgehead atoms. The van der Waals surface area contributed by atoms with Crippen LogP contribution in [0.15, 0.2) is 6.20 Å². The molecule has 1 saturated carbocycles. The molecule has 1 heterocycles. The van der Waals surface area contributed by atoms with Crippen molar-refractivity contribution < 1.29 is 0 Å². The van der Waals surface area contributed by atoms with Gasteiger partial charge in [0.25, 0.3) is 0 Å². The van der Waals surface area contributed by atoms with Crippen molar-refractivity contribution >= 4 is 0 Å². The highest BCUT2D eigenvalue weighted by atomic mass is 15.1. The molecule has 0 amide bonds. The van der Waals surface area contributed by atoms with Gasteiger partial charge in [-0.3, -0.25) is 5.10 Å². The number of hydrogen-bond acceptors (Lipinski definition) is 2. The van der Waals surface area contributed by atoms with Crippen LogP contribution >= 0.6 is 0 Å². The number of hydrogen-bond donors (Lipinski definition) is 2. The van der Waals surface area contributed by atoms with Crippen LogP contribution in [0.1, 0.15) is 49.3 Å². The first-order valence-corrected chi connectivity index (χ1v) is 5.64. The van der Waals surface area contributed by atoms with E-state index in [1.807, 2.05) is 6.20 Å². The lowest BCUT2D eigenvalue weighted by Gasteiger charge is -2.21. The number of aromatic amines is 1. The average Bonchev–Trinajstić information content (AvgIpc) is 2.68. The molecule has 1 aliphatic carbocycles. The fraction of sp³-hybridized carbons (Fsp3) is 0.727. The molecular weight excluding hydrogens is 174 g/mol. The Morgan fingerprint density at radius 2 is 2.14 bits per heavy atom. The van der Waals surface area contributed by atoms with Crippen molar-refractivity contribution in [3.8, 4) is 0 Å². The standard InChI is InChI=1S/C11H19N3/c12-7-6-11-10(8-13-14-11)9-4-2-1-3-5-9/h8-9H,1-7,12H2,(H,13,14). The zero-order valence-electron chi connectivity index (χ0n) is 8.63. The van der Waals surface area contributed by atoms with Crippen LogP contribution in [-0.2, 0) is 6.42 Å². The summed E-state index contributed by atoms with van der Waals surface area (Å²) in [5, 5.41) is 7.21. The number of nitrogens with zero attached hydrogens (tertiary/aromatic N) is 1. The van der Waals surface area contributed by atoms with Gasteiger partial charge in [-0.15, -0.1) is 0 Å². The molecule has 0 unspecified atom stereocenters. The highest BCUT2D eigenvalue weighted by Gasteiger charge is 2.19. The molecule has 3 N–H and O–H groups in total. The summed E-state index contributed by atoms with van der Waals surface area (Å²) in [4.78, 5) is 0. The Labute approximate surface area is 85.1 Å². The third-order valence-corrected chi connectivity index (χ3v) is 3.19. The average molecular weight is 193 g/mol. The molecule has 0 spiro atoms. The summed E-state index contributed by atoms with van der Waals surface area (Å²) < 4.78 is 0. The SMILES string of the molecule is NCCc1[nH]ncc1C1CCCCC1. The predicted molar refractivity (Wildman–Crippen MR) is 57.2 cm³/mol. The van der Waals surface area contributed by atoms with Crippen molar-refractivity contribution in [3.05, 3.63) is 17.5 Å². The van der Waals surface area contributed by atoms with Gasteiger partial charge in [-0.25, -0.2) is 0 Å². The van der Waals surface area contributed by atoms with E-state index >= 15 is 0 Å². The van der Waals surface area contributed by atoms with Crippen molar-refractivity contribution in [2.45, 2.75) is 44.4 Å². The van der Waals surface area contributed by atoms with Crippen LogP contribution in [-0.4, -0.2) is 16.7 Å². The van der Waals surface area contributed by atoms with Gasteiger partial charge < -0.3 is 5.73 Å². The topological polar surface area (TPSA) is 54.7 Å². The fourth-order valence-corrected chi connectivity index (χ4v) is 2.43. The minimum absolute atomic E-state index is 0.710. The van der Waals surface area contributed by atoms with Crippen molar-refractivity contribution in [3.63, 3.8) is 0 Å². The van der Waals surface area contributed by atoms with Crippen LogP contribution < -0.4 is 5.73 Å². The maximum Gasteiger partial charge on any atom is 0.0524 e. The Morgan fingerprint density at radius 3 is 2.86 bits per heavy atom. The molecule has 1 aromatic heterocycles. The summed E-state index contributed by atoms with van der Waals surface area (Å²) in [5.41, 5.74) is 8.26. The Hall–Kier alpha value is -0.830. The van der Waals surface area contributed by atoms with E-state index in [9.17, 15) is 0 Å². The van der Waals surface area contributed by atoms with Crippen molar-refractivity contribution in [1.29, 1.82) is 0 Å². The Bertz CT molecular complexity index is 274. The Morgan fingerprint density at radius 1 is 1.36 bits per heavy atom. The number of rotatable bonds is 3. The second-order valence-electron chi connectivity index (χ2n) is 4.18. The maximum atomic E-state index is 5.57. The molecular formula is C11H19N3. The normalized spacial score (nSPS) is 18.6. The molecule has 1 aromatic rings. The van der Waals surface area contributed by atoms with Crippen LogP contribution in [0.2, 0.25) is 0 Å². The number of nitrogens with one attached hydrogen (secondary N) is 1. The van der Waals surface area contributed by atoms with Crippen LogP contribution in [0, 0.1) is 0 Å². The first-order chi connectivity index (χ1) is 6.92. The summed E-state index contributed by atoms with van der Waals surface area (Å²) in [7, 11) is 0. The number of nitrogens with two attached hydrogens (primary N) is 1. The summed E-state index contributed by atoms with van der Waals surface area (Å²) in [6.07, 6.45) is 9.75. The molecule has 3 heteroatoms. The van der Waals surface area contributed by atoms with Gasteiger partial charge >= 0.3 is 0 Å². The zero-order chi connectivity index (χ0) is 9.80. The predicted octanol–water partition coefficient (Wildman–Crippen LogP) is 1.96. The summed E-state index contributed by atoms with van der Waals surface area (Å²) in [6, 6.07) is 0. The second kappa shape index (κ2) is 4.60. The zero-order valence-corrected chi connectivity index (χ0v) is 8.63. The van der Waals surface area contributed by atoms with E-state index in [1.54, 1.807) is 0 Å². The first kappa shape index (κ1) is 9.71. The maximum absolute atomic E-state index is 5.57. The van der Waals surface area contributed by atoms with E-state index in [0.29, 0.717) is 6.54 Å². The Balaban J connectivity index is 2.09. The van der Waals surface area contributed by atoms with Crippen LogP contribution in [0.25, 0.3) is 0 Å². The Kier molecular flexibility index (Phi) is 3.19. The largest absolute Gasteiger partial charge is 0.330 e. The molecule has 0 radical (unpaired) electrons. The molecule has 0 atom stereocenters. The molecule has 2 rings (SSSR count). The smallest absolute Gasteiger partial charge is 0.0524 e. The van der Waals surface area contributed by atoms with Gasteiger partial charge in [0.1, 0.15) is 0 Å². The molecule has 0 saturated heterocycles. The monoisotopic (exact) mass is 193 g/mol. The van der Waals surface area contributed by atoms with Gasteiger partial charge in [0.05, 0.1) is 6.20 Å². The van der Waals surface area contributed by atoms with Crippen molar-refractivity contribution in [2.24, 2.45) is 5.73 Å². The minimum Gasteiger partial charge on any atom is -0.330 e. The molecule has 78 valence electrons. The molecule has 0 aliphatic heterocycles. The van der Waals surface area contributed by atoms with E-state index in [-0.39, 0.29) is 0 Å². The van der Waals surface area contributed by atoms with Crippen molar-refractivity contribution in [1.82, 2.24) is 10.2 Å². The fourth-order valence-electron chi connectivity index (χ4n) is 2.43. The van der Waals surface area contributed by atoms with Crippen LogP contribution in [0.5, 0.6) is 0 Å². The second-order valence-corrected chi connectivity index (χ2v) is 4.18. The van der Waals surface area contributed by atoms with E-state index < -0.39 is 0 Å². The number of H-pyrrole nitrogens is 1. The third kappa shape index (κ3) is 1.98. The lowest BCUT2D eigenvalue weighted by atomic mass is 9.84. The van der Waals surface area contributed by atoms with Gasteiger partial charge in [0.15, 0.2) is 0 Å². The van der Waals surface area contributed by atoms with Gasteiger partial charge in [-0.2, -0.15) is 5.10 Å². The number of aromatic nitrogens is 2. The quantitative estimate of drug-likeness (QED) is 0.771. The highest BCUT2D eigenvalue weighted by Crippen LogP contribution is 2.33. The van der Waals surface area contributed by atoms with Crippen LogP contribution in [0.4, 0.5) is 0 Å². The summed E-state index contributed by atoms with van der Waals surface area (Å²) in [5.74, 6) is 0.740. The lowest BCUT2D eigenvalue weighted by molar-refractivity contribution is 0.441. The van der Waals surface area contributed by atoms with E-state index in [2.05, 4.69) is 10.2 Å². The minimum atomic E-state index is 0.710. The van der Waals surface area contributed by atoms with Gasteiger partial charge in [0.2, 0.25) is 0 Å². The molecule has 0 aromatic carbocycles. The van der Waals surface area contributed by atoms with Gasteiger partial charge in [-0.05, 0) is 30.9 Å². The van der Waals surface area contributed by atoms with Crippen molar-refractivity contribution in [2.75, 3.05) is 6.54 Å². The van der Waals surface area contributed by atoms with E-state index in [0.717, 1.165) is 12.3 Å². The lowest BCUT2D eigenvalue weighted by Crippen LogP contribution is -2.09. The molecule has 1 aliphatic rings. The highest BCUT2D eigenvalue weighted by molar-refractivity contribution is 5.22. The van der Waals surface area contributed by atoms with Gasteiger partial charge in [0, 0.05) is 12.1 Å². The molecule has 3 nitrogen and oxygen atoms in total. The first-order valence-electron chi connectivity index (χ1n) is 5.64. The third-order valence-electron chi connectivity index (χ3n) is 3.19. The molecule has 1 fully saturated rings. The van der Waals surface area contributed by atoms with E-state index in [1.165, 1.54) is 43.4 Å². The van der Waals surface area contributed by atoms with Crippen LogP contribution in [0.3, 0.4) is 0 Å². The summed E-state index contributed by atoms with van der Waals surface area (Å²) in [6.45, 7) is 0.710. The van der Waals surface area contributed by atoms with E-state index in [4.69, 9.17) is 5.73 Å². The van der Waals surface area contributed by atoms with Gasteiger partial charge in [-0.1, -0.05) is 19.3 Å². The molecule has 14 heavy (non-hydrogen) atoms.